The number of hydrogen-bond acceptors (Lipinski definition) is 3. The molecule has 0 aromatic heterocycles. The Morgan fingerprint density at radius 1 is 1.39 bits per heavy atom. The molecule has 0 spiro atoms. The monoisotopic (exact) mass is 291 g/mol. The van der Waals surface area contributed by atoms with E-state index in [0.29, 0.717) is 10.7 Å². The first-order valence-corrected chi connectivity index (χ1v) is 7.49. The molecule has 7 heteroatoms. The van der Waals surface area contributed by atoms with Crippen molar-refractivity contribution in [2.24, 2.45) is 0 Å². The highest BCUT2D eigenvalue weighted by Gasteiger charge is 2.19. The molecule has 0 fully saturated rings. The van der Waals surface area contributed by atoms with E-state index in [9.17, 15) is 13.2 Å². The molecule has 0 radical (unpaired) electrons. The molecule has 0 amide bonds. The maximum absolute atomic E-state index is 11.7. The highest BCUT2D eigenvalue weighted by molar-refractivity contribution is 7.92. The summed E-state index contributed by atoms with van der Waals surface area (Å²) in [7, 11) is -3.48. The molecule has 0 unspecified atom stereocenters. The molecule has 1 aromatic rings. The fraction of sp³-hybridized carbons (Fsp3) is 0.364. The van der Waals surface area contributed by atoms with Crippen LogP contribution < -0.4 is 4.31 Å². The lowest BCUT2D eigenvalue weighted by molar-refractivity contribution is -0.137. The Balaban J connectivity index is 2.94. The number of anilines is 1. The van der Waals surface area contributed by atoms with Gasteiger partial charge < -0.3 is 5.11 Å². The van der Waals surface area contributed by atoms with Gasteiger partial charge in [-0.25, -0.2) is 8.42 Å². The Morgan fingerprint density at radius 2 is 2.00 bits per heavy atom. The first-order valence-electron chi connectivity index (χ1n) is 5.26. The number of nitrogens with zero attached hydrogens (tertiary/aromatic N) is 1. The van der Waals surface area contributed by atoms with Gasteiger partial charge in [0.25, 0.3) is 0 Å². The summed E-state index contributed by atoms with van der Waals surface area (Å²) in [6.45, 7) is 0.0921. The van der Waals surface area contributed by atoms with Gasteiger partial charge in [0.2, 0.25) is 10.0 Å². The van der Waals surface area contributed by atoms with Crippen LogP contribution in [0.1, 0.15) is 12.8 Å². The molecule has 0 heterocycles. The van der Waals surface area contributed by atoms with Gasteiger partial charge in [-0.15, -0.1) is 0 Å². The molecule has 5 nitrogen and oxygen atoms in total. The fourth-order valence-corrected chi connectivity index (χ4v) is 2.76. The summed E-state index contributed by atoms with van der Waals surface area (Å²) in [4.78, 5) is 10.4. The van der Waals surface area contributed by atoms with Crippen LogP contribution in [-0.2, 0) is 14.8 Å². The van der Waals surface area contributed by atoms with Gasteiger partial charge in [0.1, 0.15) is 0 Å². The molecular weight excluding hydrogens is 278 g/mol. The molecule has 0 aliphatic heterocycles. The summed E-state index contributed by atoms with van der Waals surface area (Å²) in [5.41, 5.74) is 0.368. The van der Waals surface area contributed by atoms with Gasteiger partial charge in [-0.1, -0.05) is 23.7 Å². The standard InChI is InChI=1S/C11H14ClNO4S/c1-18(16,17)13(8-4-7-11(14)15)10-6-3-2-5-9(10)12/h2-3,5-6H,4,7-8H2,1H3,(H,14,15). The number of carbonyl (C=O) groups is 1. The Bertz CT molecular complexity index is 530. The lowest BCUT2D eigenvalue weighted by Crippen LogP contribution is -2.31. The summed E-state index contributed by atoms with van der Waals surface area (Å²) in [5.74, 6) is -0.956. The van der Waals surface area contributed by atoms with Crippen molar-refractivity contribution in [3.8, 4) is 0 Å². The highest BCUT2D eigenvalue weighted by Crippen LogP contribution is 2.27. The average molecular weight is 292 g/mol. The van der Waals surface area contributed by atoms with Crippen LogP contribution in [0, 0.1) is 0 Å². The van der Waals surface area contributed by atoms with Gasteiger partial charge in [-0.3, -0.25) is 9.10 Å². The zero-order chi connectivity index (χ0) is 13.8. The smallest absolute Gasteiger partial charge is 0.303 e. The number of halogens is 1. The Morgan fingerprint density at radius 3 is 2.50 bits per heavy atom. The molecule has 0 aliphatic carbocycles. The molecule has 0 saturated heterocycles. The van der Waals surface area contributed by atoms with Gasteiger partial charge in [0.15, 0.2) is 0 Å². The number of para-hydroxylation sites is 1. The largest absolute Gasteiger partial charge is 0.481 e. The average Bonchev–Trinajstić information content (AvgIpc) is 2.24. The van der Waals surface area contributed by atoms with Crippen LogP contribution in [0.2, 0.25) is 5.02 Å². The van der Waals surface area contributed by atoms with Gasteiger partial charge >= 0.3 is 5.97 Å². The van der Waals surface area contributed by atoms with Crippen molar-refractivity contribution in [2.75, 3.05) is 17.1 Å². The molecule has 1 aromatic carbocycles. The second-order valence-corrected chi connectivity index (χ2v) is 6.10. The van der Waals surface area contributed by atoms with Crippen molar-refractivity contribution in [1.29, 1.82) is 0 Å². The zero-order valence-corrected chi connectivity index (χ0v) is 11.4. The van der Waals surface area contributed by atoms with E-state index in [0.717, 1.165) is 10.6 Å². The number of carboxylic acids is 1. The highest BCUT2D eigenvalue weighted by atomic mass is 35.5. The van der Waals surface area contributed by atoms with Crippen LogP contribution in [0.5, 0.6) is 0 Å². The van der Waals surface area contributed by atoms with Crippen LogP contribution in [0.25, 0.3) is 0 Å². The Kier molecular flexibility index (Phi) is 4.98. The number of aliphatic carboxylic acids is 1. The number of hydrogen-bond donors (Lipinski definition) is 1. The quantitative estimate of drug-likeness (QED) is 0.869. The van der Waals surface area contributed by atoms with Crippen molar-refractivity contribution in [3.63, 3.8) is 0 Å². The van der Waals surface area contributed by atoms with Crippen LogP contribution in [-0.4, -0.2) is 32.3 Å². The number of benzene rings is 1. The normalized spacial score (nSPS) is 11.2. The van der Waals surface area contributed by atoms with E-state index < -0.39 is 16.0 Å². The van der Waals surface area contributed by atoms with E-state index in [-0.39, 0.29) is 19.4 Å². The van der Waals surface area contributed by atoms with Crippen LogP contribution in [0.15, 0.2) is 24.3 Å². The van der Waals surface area contributed by atoms with Crippen LogP contribution in [0.3, 0.4) is 0 Å². The first kappa shape index (κ1) is 14.8. The van der Waals surface area contributed by atoms with E-state index in [1.807, 2.05) is 0 Å². The van der Waals surface area contributed by atoms with Crippen LogP contribution in [0.4, 0.5) is 5.69 Å². The Labute approximate surface area is 111 Å². The molecule has 100 valence electrons. The maximum atomic E-state index is 11.7. The first-order chi connectivity index (χ1) is 8.32. The molecule has 1 rings (SSSR count). The lowest BCUT2D eigenvalue weighted by atomic mass is 10.3. The topological polar surface area (TPSA) is 74.7 Å². The molecule has 0 saturated carbocycles. The molecule has 0 atom stereocenters. The van der Waals surface area contributed by atoms with E-state index in [1.165, 1.54) is 0 Å². The van der Waals surface area contributed by atoms with E-state index in [4.69, 9.17) is 16.7 Å². The number of rotatable bonds is 6. The van der Waals surface area contributed by atoms with Gasteiger partial charge in [0, 0.05) is 13.0 Å². The van der Waals surface area contributed by atoms with Crippen molar-refractivity contribution < 1.29 is 18.3 Å². The van der Waals surface area contributed by atoms with E-state index in [1.54, 1.807) is 24.3 Å². The maximum Gasteiger partial charge on any atom is 0.303 e. The minimum atomic E-state index is -3.48. The third-order valence-electron chi connectivity index (χ3n) is 2.27. The SMILES string of the molecule is CS(=O)(=O)N(CCCC(=O)O)c1ccccc1Cl. The summed E-state index contributed by atoms with van der Waals surface area (Å²) in [6, 6.07) is 6.55. The predicted molar refractivity (Wildman–Crippen MR) is 70.5 cm³/mol. The third kappa shape index (κ3) is 4.19. The van der Waals surface area contributed by atoms with Crippen molar-refractivity contribution in [3.05, 3.63) is 29.3 Å². The van der Waals surface area contributed by atoms with E-state index >= 15 is 0 Å². The van der Waals surface area contributed by atoms with Gasteiger partial charge in [0.05, 0.1) is 17.0 Å². The Hall–Kier alpha value is -1.27. The molecule has 1 N–H and O–H groups in total. The summed E-state index contributed by atoms with van der Waals surface area (Å²) in [5, 5.41) is 8.88. The fourth-order valence-electron chi connectivity index (χ4n) is 1.49. The molecule has 0 bridgehead atoms. The van der Waals surface area contributed by atoms with Gasteiger partial charge in [-0.2, -0.15) is 0 Å². The second kappa shape index (κ2) is 6.06. The molecular formula is C11H14ClNO4S. The lowest BCUT2D eigenvalue weighted by Gasteiger charge is -2.23. The van der Waals surface area contributed by atoms with Gasteiger partial charge in [-0.05, 0) is 18.6 Å². The second-order valence-electron chi connectivity index (χ2n) is 3.78. The van der Waals surface area contributed by atoms with Crippen molar-refractivity contribution in [1.82, 2.24) is 0 Å². The van der Waals surface area contributed by atoms with Crippen molar-refractivity contribution in [2.45, 2.75) is 12.8 Å². The molecule has 0 aliphatic rings. The zero-order valence-electron chi connectivity index (χ0n) is 9.84. The summed E-state index contributed by atoms with van der Waals surface area (Å²) >= 11 is 5.94. The van der Waals surface area contributed by atoms with Crippen LogP contribution >= 0.6 is 11.6 Å². The molecule has 18 heavy (non-hydrogen) atoms. The van der Waals surface area contributed by atoms with E-state index in [2.05, 4.69) is 0 Å². The summed E-state index contributed by atoms with van der Waals surface area (Å²) in [6.07, 6.45) is 1.21. The predicted octanol–water partition coefficient (Wildman–Crippen LogP) is 1.97. The van der Waals surface area contributed by atoms with Crippen molar-refractivity contribution >= 4 is 33.3 Å². The minimum absolute atomic E-state index is 0.0868. The third-order valence-corrected chi connectivity index (χ3v) is 3.77. The minimum Gasteiger partial charge on any atom is -0.481 e. The summed E-state index contributed by atoms with van der Waals surface area (Å²) < 4.78 is 24.5. The number of sulfonamides is 1. The number of carboxylic acid groups (broad SMARTS) is 1.